The summed E-state index contributed by atoms with van der Waals surface area (Å²) in [6.45, 7) is 3.18. The first kappa shape index (κ1) is 16.4. The van der Waals surface area contributed by atoms with Crippen LogP contribution in [-0.4, -0.2) is 24.0 Å². The molecule has 0 saturated heterocycles. The number of hydrogen-bond donors (Lipinski definition) is 1. The number of non-ortho nitro benzene ring substituents is 1. The molecule has 0 fully saturated rings. The number of carbonyl (C=O) groups excluding carboxylic acids is 1. The molecule has 1 aromatic rings. The van der Waals surface area contributed by atoms with Crippen molar-refractivity contribution in [3.63, 3.8) is 0 Å². The molecule has 0 unspecified atom stereocenters. The normalized spacial score (nSPS) is 10.3. The molecule has 0 spiro atoms. The number of halogens is 1. The topological polar surface area (TPSA) is 81.5 Å². The summed E-state index contributed by atoms with van der Waals surface area (Å²) in [4.78, 5) is 21.3. The Morgan fingerprint density at radius 1 is 1.50 bits per heavy atom. The third-order valence-electron chi connectivity index (χ3n) is 2.60. The molecule has 0 bridgehead atoms. The largest absolute Gasteiger partial charge is 0.466 e. The minimum Gasteiger partial charge on any atom is -0.466 e. The van der Waals surface area contributed by atoms with Gasteiger partial charge in [0.05, 0.1) is 11.5 Å². The quantitative estimate of drug-likeness (QED) is 0.345. The maximum absolute atomic E-state index is 11.1. The molecular formula is C13H17ClN2O4. The number of rotatable bonds is 8. The highest BCUT2D eigenvalue weighted by molar-refractivity contribution is 6.31. The fourth-order valence-electron chi connectivity index (χ4n) is 1.62. The van der Waals surface area contributed by atoms with Crippen LogP contribution in [0.5, 0.6) is 0 Å². The summed E-state index contributed by atoms with van der Waals surface area (Å²) >= 11 is 5.97. The van der Waals surface area contributed by atoms with E-state index in [1.54, 1.807) is 6.92 Å². The van der Waals surface area contributed by atoms with E-state index in [1.807, 2.05) is 0 Å². The van der Waals surface area contributed by atoms with Crippen molar-refractivity contribution in [2.75, 3.05) is 13.2 Å². The zero-order valence-corrected chi connectivity index (χ0v) is 12.0. The predicted octanol–water partition coefficient (Wildman–Crippen LogP) is 2.68. The number of nitro benzene ring substituents is 1. The zero-order chi connectivity index (χ0) is 15.0. The van der Waals surface area contributed by atoms with Gasteiger partial charge in [0.25, 0.3) is 5.69 Å². The summed E-state index contributed by atoms with van der Waals surface area (Å²) in [7, 11) is 0. The van der Waals surface area contributed by atoms with Gasteiger partial charge in [0.1, 0.15) is 0 Å². The third-order valence-corrected chi connectivity index (χ3v) is 2.96. The molecule has 0 atom stereocenters. The van der Waals surface area contributed by atoms with Crippen molar-refractivity contribution in [2.24, 2.45) is 0 Å². The van der Waals surface area contributed by atoms with Crippen LogP contribution in [0.1, 0.15) is 25.3 Å². The standard InChI is InChI=1S/C13H17ClN2O4/c1-2-20-13(17)4-3-7-15-9-10-8-11(16(18)19)5-6-12(10)14/h5-6,8,15H,2-4,7,9H2,1H3. The lowest BCUT2D eigenvalue weighted by atomic mass is 10.2. The molecule has 6 nitrogen and oxygen atoms in total. The van der Waals surface area contributed by atoms with E-state index >= 15 is 0 Å². The number of esters is 1. The fourth-order valence-corrected chi connectivity index (χ4v) is 1.81. The summed E-state index contributed by atoms with van der Waals surface area (Å²) in [6.07, 6.45) is 0.995. The summed E-state index contributed by atoms with van der Waals surface area (Å²) in [6, 6.07) is 4.32. The van der Waals surface area contributed by atoms with Crippen molar-refractivity contribution in [3.05, 3.63) is 38.9 Å². The molecule has 0 radical (unpaired) electrons. The highest BCUT2D eigenvalue weighted by Gasteiger charge is 2.09. The van der Waals surface area contributed by atoms with Crippen molar-refractivity contribution in [2.45, 2.75) is 26.3 Å². The molecule has 110 valence electrons. The number of ether oxygens (including phenoxy) is 1. The van der Waals surface area contributed by atoms with E-state index in [9.17, 15) is 14.9 Å². The Morgan fingerprint density at radius 2 is 2.25 bits per heavy atom. The zero-order valence-electron chi connectivity index (χ0n) is 11.2. The number of nitrogens with zero attached hydrogens (tertiary/aromatic N) is 1. The van der Waals surface area contributed by atoms with Gasteiger partial charge >= 0.3 is 5.97 Å². The number of benzene rings is 1. The highest BCUT2D eigenvalue weighted by atomic mass is 35.5. The Labute approximate surface area is 122 Å². The molecule has 0 heterocycles. The molecule has 0 aliphatic heterocycles. The first-order valence-electron chi connectivity index (χ1n) is 6.33. The van der Waals surface area contributed by atoms with E-state index in [-0.39, 0.29) is 11.7 Å². The molecule has 0 aliphatic rings. The lowest BCUT2D eigenvalue weighted by Gasteiger charge is -2.06. The van der Waals surface area contributed by atoms with E-state index in [0.29, 0.717) is 43.1 Å². The molecule has 1 N–H and O–H groups in total. The van der Waals surface area contributed by atoms with E-state index < -0.39 is 4.92 Å². The van der Waals surface area contributed by atoms with Crippen LogP contribution in [0.2, 0.25) is 5.02 Å². The maximum Gasteiger partial charge on any atom is 0.305 e. The van der Waals surface area contributed by atoms with Gasteiger partial charge in [-0.05, 0) is 31.5 Å². The summed E-state index contributed by atoms with van der Waals surface area (Å²) in [5.41, 5.74) is 0.676. The molecule has 0 saturated carbocycles. The van der Waals surface area contributed by atoms with Crippen LogP contribution in [0.4, 0.5) is 5.69 Å². The highest BCUT2D eigenvalue weighted by Crippen LogP contribution is 2.21. The molecular weight excluding hydrogens is 284 g/mol. The Kier molecular flexibility index (Phi) is 6.97. The van der Waals surface area contributed by atoms with Crippen molar-refractivity contribution < 1.29 is 14.5 Å². The molecule has 7 heteroatoms. The van der Waals surface area contributed by atoms with Crippen molar-refractivity contribution >= 4 is 23.3 Å². The second-order valence-electron chi connectivity index (χ2n) is 4.12. The van der Waals surface area contributed by atoms with Gasteiger partial charge in [-0.25, -0.2) is 0 Å². The second kappa shape index (κ2) is 8.50. The number of carbonyl (C=O) groups is 1. The monoisotopic (exact) mass is 300 g/mol. The van der Waals surface area contributed by atoms with Gasteiger partial charge in [-0.15, -0.1) is 0 Å². The van der Waals surface area contributed by atoms with Crippen molar-refractivity contribution in [1.29, 1.82) is 0 Å². The number of nitrogens with one attached hydrogen (secondary N) is 1. The first-order chi connectivity index (χ1) is 9.54. The minimum atomic E-state index is -0.458. The van der Waals surface area contributed by atoms with Crippen LogP contribution in [-0.2, 0) is 16.1 Å². The smallest absolute Gasteiger partial charge is 0.305 e. The number of hydrogen-bond acceptors (Lipinski definition) is 5. The molecule has 0 aliphatic carbocycles. The van der Waals surface area contributed by atoms with Crippen LogP contribution in [0.15, 0.2) is 18.2 Å². The summed E-state index contributed by atoms with van der Waals surface area (Å²) < 4.78 is 4.81. The summed E-state index contributed by atoms with van der Waals surface area (Å²) in [5.74, 6) is -0.220. The SMILES string of the molecule is CCOC(=O)CCCNCc1cc([N+](=O)[O-])ccc1Cl. The van der Waals surface area contributed by atoms with E-state index in [0.717, 1.165) is 0 Å². The van der Waals surface area contributed by atoms with Gasteiger partial charge < -0.3 is 10.1 Å². The van der Waals surface area contributed by atoms with Crippen LogP contribution in [0.25, 0.3) is 0 Å². The lowest BCUT2D eigenvalue weighted by Crippen LogP contribution is -2.16. The van der Waals surface area contributed by atoms with Crippen molar-refractivity contribution in [1.82, 2.24) is 5.32 Å². The lowest BCUT2D eigenvalue weighted by molar-refractivity contribution is -0.384. The molecule has 1 aromatic carbocycles. The fraction of sp³-hybridized carbons (Fsp3) is 0.462. The second-order valence-corrected chi connectivity index (χ2v) is 4.53. The van der Waals surface area contributed by atoms with Gasteiger partial charge in [0.2, 0.25) is 0 Å². The van der Waals surface area contributed by atoms with Gasteiger partial charge in [0.15, 0.2) is 0 Å². The number of nitro groups is 1. The maximum atomic E-state index is 11.1. The Hall–Kier alpha value is -1.66. The van der Waals surface area contributed by atoms with Crippen LogP contribution < -0.4 is 5.32 Å². The summed E-state index contributed by atoms with van der Waals surface area (Å²) in [5, 5.41) is 14.2. The first-order valence-corrected chi connectivity index (χ1v) is 6.71. The van der Waals surface area contributed by atoms with Gasteiger partial charge in [-0.2, -0.15) is 0 Å². The average molecular weight is 301 g/mol. The van der Waals surface area contributed by atoms with Crippen LogP contribution in [0, 0.1) is 10.1 Å². The Balaban J connectivity index is 2.36. The van der Waals surface area contributed by atoms with Crippen molar-refractivity contribution in [3.8, 4) is 0 Å². The molecule has 20 heavy (non-hydrogen) atoms. The van der Waals surface area contributed by atoms with Gasteiger partial charge in [-0.1, -0.05) is 11.6 Å². The average Bonchev–Trinajstić information content (AvgIpc) is 2.40. The van der Waals surface area contributed by atoms with E-state index in [1.165, 1.54) is 18.2 Å². The Bertz CT molecular complexity index is 479. The molecule has 1 rings (SSSR count). The third kappa shape index (κ3) is 5.54. The van der Waals surface area contributed by atoms with Crippen LogP contribution in [0.3, 0.4) is 0 Å². The molecule has 0 aromatic heterocycles. The molecule has 0 amide bonds. The van der Waals surface area contributed by atoms with E-state index in [4.69, 9.17) is 16.3 Å². The van der Waals surface area contributed by atoms with Crippen LogP contribution >= 0.6 is 11.6 Å². The minimum absolute atomic E-state index is 0.0118. The van der Waals surface area contributed by atoms with Gasteiger partial charge in [0, 0.05) is 30.1 Å². The Morgan fingerprint density at radius 3 is 2.90 bits per heavy atom. The van der Waals surface area contributed by atoms with Gasteiger partial charge in [-0.3, -0.25) is 14.9 Å². The predicted molar refractivity (Wildman–Crippen MR) is 75.7 cm³/mol. The van der Waals surface area contributed by atoms with E-state index in [2.05, 4.69) is 5.32 Å².